The zero-order chi connectivity index (χ0) is 20.9. The molecule has 0 radical (unpaired) electrons. The molecule has 0 saturated heterocycles. The summed E-state index contributed by atoms with van der Waals surface area (Å²) in [5.74, 6) is -0.268. The number of carbonyl (C=O) groups excluding carboxylic acids is 1. The van der Waals surface area contributed by atoms with Crippen LogP contribution in [-0.2, 0) is 16.4 Å². The molecule has 1 amide bonds. The van der Waals surface area contributed by atoms with E-state index in [1.165, 1.54) is 6.07 Å². The van der Waals surface area contributed by atoms with Crippen molar-refractivity contribution in [3.8, 4) is 0 Å². The molecule has 3 aromatic carbocycles. The molecule has 0 aliphatic rings. The largest absolute Gasteiger partial charge is 0.352 e. The topological polar surface area (TPSA) is 75.3 Å². The standard InChI is InChI=1S/C22H21ClN2O3S/c1-16-5-11-21(12-6-16)29(27,28)25-20-4-2-3-18(15-20)22(26)24-14-13-17-7-9-19(23)10-8-17/h2-12,15,25H,13-14H2,1H3,(H,24,26). The maximum Gasteiger partial charge on any atom is 0.261 e. The fourth-order valence-electron chi connectivity index (χ4n) is 2.73. The molecule has 7 heteroatoms. The lowest BCUT2D eigenvalue weighted by Gasteiger charge is -2.10. The van der Waals surface area contributed by atoms with Crippen molar-refractivity contribution in [1.29, 1.82) is 0 Å². The molecule has 0 saturated carbocycles. The summed E-state index contributed by atoms with van der Waals surface area (Å²) >= 11 is 5.86. The van der Waals surface area contributed by atoms with E-state index in [0.717, 1.165) is 11.1 Å². The summed E-state index contributed by atoms with van der Waals surface area (Å²) in [6, 6.07) is 20.4. The van der Waals surface area contributed by atoms with E-state index in [1.807, 2.05) is 31.2 Å². The van der Waals surface area contributed by atoms with Gasteiger partial charge in [-0.15, -0.1) is 0 Å². The number of benzene rings is 3. The van der Waals surface area contributed by atoms with Crippen LogP contribution in [0.3, 0.4) is 0 Å². The van der Waals surface area contributed by atoms with Gasteiger partial charge in [0.15, 0.2) is 0 Å². The Morgan fingerprint density at radius 2 is 1.66 bits per heavy atom. The molecule has 0 spiro atoms. The maximum atomic E-state index is 12.5. The maximum absolute atomic E-state index is 12.5. The number of rotatable bonds is 7. The van der Waals surface area contributed by atoms with Crippen LogP contribution in [0.1, 0.15) is 21.5 Å². The molecular formula is C22H21ClN2O3S. The van der Waals surface area contributed by atoms with Crippen LogP contribution in [0.5, 0.6) is 0 Å². The second kappa shape index (κ2) is 9.11. The lowest BCUT2D eigenvalue weighted by atomic mass is 10.1. The molecule has 3 aromatic rings. The van der Waals surface area contributed by atoms with Gasteiger partial charge in [-0.25, -0.2) is 8.42 Å². The Morgan fingerprint density at radius 1 is 0.966 bits per heavy atom. The van der Waals surface area contributed by atoms with Crippen LogP contribution in [0.4, 0.5) is 5.69 Å². The van der Waals surface area contributed by atoms with E-state index in [-0.39, 0.29) is 10.8 Å². The highest BCUT2D eigenvalue weighted by Crippen LogP contribution is 2.18. The molecular weight excluding hydrogens is 408 g/mol. The average Bonchev–Trinajstić information content (AvgIpc) is 2.69. The van der Waals surface area contributed by atoms with Crippen LogP contribution >= 0.6 is 11.6 Å². The van der Waals surface area contributed by atoms with E-state index in [1.54, 1.807) is 42.5 Å². The number of sulfonamides is 1. The van der Waals surface area contributed by atoms with Gasteiger partial charge in [0, 0.05) is 22.8 Å². The van der Waals surface area contributed by atoms with Crippen LogP contribution in [0.2, 0.25) is 5.02 Å². The summed E-state index contributed by atoms with van der Waals surface area (Å²) in [4.78, 5) is 12.6. The Balaban J connectivity index is 1.63. The highest BCUT2D eigenvalue weighted by molar-refractivity contribution is 7.92. The highest BCUT2D eigenvalue weighted by atomic mass is 35.5. The summed E-state index contributed by atoms with van der Waals surface area (Å²) < 4.78 is 27.6. The molecule has 2 N–H and O–H groups in total. The van der Waals surface area contributed by atoms with Gasteiger partial charge in [-0.1, -0.05) is 47.5 Å². The summed E-state index contributed by atoms with van der Waals surface area (Å²) in [5, 5.41) is 3.51. The molecule has 0 fully saturated rings. The third kappa shape index (κ3) is 5.82. The smallest absolute Gasteiger partial charge is 0.261 e. The number of hydrogen-bond donors (Lipinski definition) is 2. The number of aryl methyl sites for hydroxylation is 1. The van der Waals surface area contributed by atoms with Crippen molar-refractivity contribution in [2.24, 2.45) is 0 Å². The molecule has 150 valence electrons. The van der Waals surface area contributed by atoms with E-state index in [4.69, 9.17) is 11.6 Å². The first-order chi connectivity index (χ1) is 13.8. The lowest BCUT2D eigenvalue weighted by molar-refractivity contribution is 0.0954. The van der Waals surface area contributed by atoms with E-state index >= 15 is 0 Å². The van der Waals surface area contributed by atoms with Crippen molar-refractivity contribution in [1.82, 2.24) is 5.32 Å². The molecule has 0 aliphatic carbocycles. The molecule has 29 heavy (non-hydrogen) atoms. The molecule has 0 heterocycles. The third-order valence-corrected chi connectivity index (χ3v) is 5.97. The summed E-state index contributed by atoms with van der Waals surface area (Å²) in [5.41, 5.74) is 2.75. The normalized spacial score (nSPS) is 11.1. The fraction of sp³-hybridized carbons (Fsp3) is 0.136. The number of halogens is 1. The fourth-order valence-corrected chi connectivity index (χ4v) is 3.90. The molecule has 0 aliphatic heterocycles. The van der Waals surface area contributed by atoms with Crippen molar-refractivity contribution in [3.63, 3.8) is 0 Å². The van der Waals surface area contributed by atoms with Crippen LogP contribution < -0.4 is 10.0 Å². The van der Waals surface area contributed by atoms with E-state index in [2.05, 4.69) is 10.0 Å². The molecule has 3 rings (SSSR count). The highest BCUT2D eigenvalue weighted by Gasteiger charge is 2.15. The molecule has 5 nitrogen and oxygen atoms in total. The van der Waals surface area contributed by atoms with Crippen LogP contribution in [0.25, 0.3) is 0 Å². The Bertz CT molecular complexity index is 1100. The second-order valence-corrected chi connectivity index (χ2v) is 8.75. The van der Waals surface area contributed by atoms with Gasteiger partial charge in [0.1, 0.15) is 0 Å². The van der Waals surface area contributed by atoms with Crippen molar-refractivity contribution >= 4 is 33.2 Å². The Labute approximate surface area is 175 Å². The summed E-state index contributed by atoms with van der Waals surface area (Å²) in [7, 11) is -3.72. The first-order valence-electron chi connectivity index (χ1n) is 9.06. The van der Waals surface area contributed by atoms with Crippen LogP contribution in [0.15, 0.2) is 77.7 Å². The number of amides is 1. The van der Waals surface area contributed by atoms with Crippen molar-refractivity contribution in [2.45, 2.75) is 18.2 Å². The first-order valence-corrected chi connectivity index (χ1v) is 10.9. The number of carbonyl (C=O) groups is 1. The third-order valence-electron chi connectivity index (χ3n) is 4.32. The average molecular weight is 429 g/mol. The van der Waals surface area contributed by atoms with Gasteiger partial charge in [-0.3, -0.25) is 9.52 Å². The molecule has 0 atom stereocenters. The van der Waals surface area contributed by atoms with Gasteiger partial charge >= 0.3 is 0 Å². The SMILES string of the molecule is Cc1ccc(S(=O)(=O)Nc2cccc(C(=O)NCCc3ccc(Cl)cc3)c2)cc1. The summed E-state index contributed by atoms with van der Waals surface area (Å²) in [6.45, 7) is 2.35. The minimum atomic E-state index is -3.72. The zero-order valence-corrected chi connectivity index (χ0v) is 17.4. The predicted molar refractivity (Wildman–Crippen MR) is 116 cm³/mol. The van der Waals surface area contributed by atoms with Crippen molar-refractivity contribution in [2.75, 3.05) is 11.3 Å². The Hall–Kier alpha value is -2.83. The van der Waals surface area contributed by atoms with Gasteiger partial charge in [0.25, 0.3) is 15.9 Å². The van der Waals surface area contributed by atoms with Crippen LogP contribution in [0, 0.1) is 6.92 Å². The van der Waals surface area contributed by atoms with E-state index in [9.17, 15) is 13.2 Å². The molecule has 0 aromatic heterocycles. The molecule has 0 bridgehead atoms. The van der Waals surface area contributed by atoms with Crippen molar-refractivity contribution in [3.05, 3.63) is 94.5 Å². The minimum absolute atomic E-state index is 0.168. The summed E-state index contributed by atoms with van der Waals surface area (Å²) in [6.07, 6.45) is 0.669. The number of hydrogen-bond acceptors (Lipinski definition) is 3. The Morgan fingerprint density at radius 3 is 2.34 bits per heavy atom. The monoisotopic (exact) mass is 428 g/mol. The lowest BCUT2D eigenvalue weighted by Crippen LogP contribution is -2.25. The predicted octanol–water partition coefficient (Wildman–Crippen LogP) is 4.42. The van der Waals surface area contributed by atoms with E-state index < -0.39 is 10.0 Å². The minimum Gasteiger partial charge on any atom is -0.352 e. The Kier molecular flexibility index (Phi) is 6.56. The van der Waals surface area contributed by atoms with Gasteiger partial charge in [0.2, 0.25) is 0 Å². The first kappa shape index (κ1) is 20.9. The van der Waals surface area contributed by atoms with Crippen molar-refractivity contribution < 1.29 is 13.2 Å². The van der Waals surface area contributed by atoms with Gasteiger partial charge in [-0.05, 0) is 61.4 Å². The zero-order valence-electron chi connectivity index (χ0n) is 15.9. The number of anilines is 1. The quantitative estimate of drug-likeness (QED) is 0.584. The molecule has 0 unspecified atom stereocenters. The second-order valence-electron chi connectivity index (χ2n) is 6.63. The van der Waals surface area contributed by atoms with Gasteiger partial charge in [0.05, 0.1) is 4.90 Å². The van der Waals surface area contributed by atoms with Crippen LogP contribution in [-0.4, -0.2) is 20.9 Å². The van der Waals surface area contributed by atoms with Gasteiger partial charge < -0.3 is 5.32 Å². The number of nitrogens with one attached hydrogen (secondary N) is 2. The van der Waals surface area contributed by atoms with Gasteiger partial charge in [-0.2, -0.15) is 0 Å². The van der Waals surface area contributed by atoms with E-state index in [0.29, 0.717) is 29.2 Å².